The predicted molar refractivity (Wildman–Crippen MR) is 142 cm³/mol. The molecule has 10 heteroatoms. The number of fused-ring (bicyclic) bond motifs is 2. The fraction of sp³-hybridized carbons (Fsp3) is 0.467. The number of piperidine rings is 1. The Bertz CT molecular complexity index is 1270. The molecule has 0 aliphatic carbocycles. The number of aliphatic hydroxyl groups is 1. The largest absolute Gasteiger partial charge is 0.454 e. The Morgan fingerprint density at radius 1 is 1.02 bits per heavy atom. The van der Waals surface area contributed by atoms with Crippen molar-refractivity contribution in [1.82, 2.24) is 5.06 Å². The van der Waals surface area contributed by atoms with Gasteiger partial charge in [0.05, 0.1) is 18.9 Å². The second-order valence-electron chi connectivity index (χ2n) is 10.8. The number of aryl methyl sites for hydroxylation is 1. The number of ether oxygens (including phenoxy) is 2. The molecular formula is C30H34N2O8. The lowest BCUT2D eigenvalue weighted by Gasteiger charge is -2.57. The van der Waals surface area contributed by atoms with E-state index in [1.54, 1.807) is 24.0 Å². The molecule has 5 rings (SSSR count). The van der Waals surface area contributed by atoms with E-state index in [1.165, 1.54) is 5.06 Å². The Hall–Kier alpha value is -3.76. The first-order valence-corrected chi connectivity index (χ1v) is 13.7. The summed E-state index contributed by atoms with van der Waals surface area (Å²) in [7, 11) is 0. The number of esters is 2. The van der Waals surface area contributed by atoms with Gasteiger partial charge in [-0.2, -0.15) is 0 Å². The molecule has 1 amide bonds. The lowest BCUT2D eigenvalue weighted by molar-refractivity contribution is -0.350. The van der Waals surface area contributed by atoms with Gasteiger partial charge in [-0.25, -0.2) is 4.79 Å². The van der Waals surface area contributed by atoms with Gasteiger partial charge in [-0.05, 0) is 36.5 Å². The smallest absolute Gasteiger partial charge is 0.341 e. The highest BCUT2D eigenvalue weighted by Crippen LogP contribution is 2.46. The van der Waals surface area contributed by atoms with E-state index in [2.05, 4.69) is 0 Å². The van der Waals surface area contributed by atoms with Gasteiger partial charge in [0.25, 0.3) is 0 Å². The van der Waals surface area contributed by atoms with Gasteiger partial charge in [0.15, 0.2) is 11.7 Å². The van der Waals surface area contributed by atoms with Gasteiger partial charge in [0.1, 0.15) is 0 Å². The number of hydroxylamine groups is 2. The molecule has 2 bridgehead atoms. The number of carbonyl (C=O) groups excluding carboxylic acids is 4. The summed E-state index contributed by atoms with van der Waals surface area (Å²) in [6.07, 6.45) is -1.38. The summed E-state index contributed by atoms with van der Waals surface area (Å²) in [6.45, 7) is 3.71. The van der Waals surface area contributed by atoms with Gasteiger partial charge in [-0.1, -0.05) is 67.4 Å². The van der Waals surface area contributed by atoms with Crippen molar-refractivity contribution in [1.29, 1.82) is 0 Å². The standard InChI is InChI=1S/C30H34N2O8/c1-3-23(33)32(22-14-8-5-9-15-22)26-20(2)19-31-30(16-10-13-21-11-6-4-7-12-21)27(26)38-24(34)17-29(37,28(36)39-30)18-25(35)40-31/h4-9,11-12,14-15,20,26-27,37H,3,10,13,16-19H2,1-2H3. The average molecular weight is 551 g/mol. The molecule has 5 atom stereocenters. The number of para-hydroxylation sites is 1. The van der Waals surface area contributed by atoms with E-state index in [1.807, 2.05) is 55.5 Å². The third kappa shape index (κ3) is 5.09. The highest BCUT2D eigenvalue weighted by Gasteiger charge is 2.65. The van der Waals surface area contributed by atoms with E-state index in [-0.39, 0.29) is 31.2 Å². The molecule has 0 aromatic heterocycles. The van der Waals surface area contributed by atoms with Gasteiger partial charge in [0, 0.05) is 25.1 Å². The van der Waals surface area contributed by atoms with Crippen molar-refractivity contribution in [2.24, 2.45) is 5.92 Å². The minimum absolute atomic E-state index is 0.0990. The lowest BCUT2D eigenvalue weighted by Crippen LogP contribution is -2.76. The number of benzene rings is 2. The molecule has 1 N–H and O–H groups in total. The highest BCUT2D eigenvalue weighted by molar-refractivity contribution is 5.94. The number of hydrogen-bond donors (Lipinski definition) is 1. The zero-order valence-corrected chi connectivity index (χ0v) is 22.7. The summed E-state index contributed by atoms with van der Waals surface area (Å²) >= 11 is 0. The summed E-state index contributed by atoms with van der Waals surface area (Å²) in [4.78, 5) is 60.5. The summed E-state index contributed by atoms with van der Waals surface area (Å²) in [5.41, 5.74) is -2.55. The predicted octanol–water partition coefficient (Wildman–Crippen LogP) is 2.92. The zero-order valence-electron chi connectivity index (χ0n) is 22.7. The van der Waals surface area contributed by atoms with Gasteiger partial charge >= 0.3 is 17.9 Å². The SMILES string of the molecule is CCC(=O)N(c1ccccc1)C1C(C)CN2OC(=O)CC3(O)CC(=O)OC1C2(CCCc1ccccc1)OC3=O. The van der Waals surface area contributed by atoms with Crippen LogP contribution in [0.3, 0.4) is 0 Å². The monoisotopic (exact) mass is 550 g/mol. The van der Waals surface area contributed by atoms with E-state index < -0.39 is 54.2 Å². The van der Waals surface area contributed by atoms with Crippen LogP contribution in [0.2, 0.25) is 0 Å². The van der Waals surface area contributed by atoms with Crippen LogP contribution in [-0.4, -0.2) is 64.0 Å². The molecule has 0 saturated carbocycles. The lowest BCUT2D eigenvalue weighted by atomic mass is 9.79. The Morgan fingerprint density at radius 3 is 2.35 bits per heavy atom. The Balaban J connectivity index is 1.64. The van der Waals surface area contributed by atoms with Crippen molar-refractivity contribution in [2.75, 3.05) is 11.4 Å². The number of carbonyl (C=O) groups is 4. The van der Waals surface area contributed by atoms with E-state index in [9.17, 15) is 24.3 Å². The normalized spacial score (nSPS) is 30.2. The van der Waals surface area contributed by atoms with Gasteiger partial charge in [-0.3, -0.25) is 14.4 Å². The molecule has 5 unspecified atom stereocenters. The van der Waals surface area contributed by atoms with E-state index in [4.69, 9.17) is 14.3 Å². The molecule has 3 saturated heterocycles. The quantitative estimate of drug-likeness (QED) is 0.519. The van der Waals surface area contributed by atoms with Crippen molar-refractivity contribution in [3.05, 3.63) is 66.2 Å². The molecule has 0 radical (unpaired) electrons. The highest BCUT2D eigenvalue weighted by atomic mass is 16.8. The van der Waals surface area contributed by atoms with Crippen LogP contribution in [0.4, 0.5) is 5.69 Å². The maximum Gasteiger partial charge on any atom is 0.341 e. The minimum Gasteiger partial charge on any atom is -0.454 e. The topological polar surface area (TPSA) is 123 Å². The number of amides is 1. The molecule has 3 heterocycles. The van der Waals surface area contributed by atoms with Gasteiger partial charge < -0.3 is 24.3 Å². The van der Waals surface area contributed by atoms with Crippen molar-refractivity contribution >= 4 is 29.5 Å². The fourth-order valence-electron chi connectivity index (χ4n) is 6.03. The molecule has 0 spiro atoms. The Morgan fingerprint density at radius 2 is 1.68 bits per heavy atom. The first kappa shape index (κ1) is 27.8. The molecule has 3 aliphatic rings. The Labute approximate surface area is 232 Å². The number of nitrogens with zero attached hydrogens (tertiary/aromatic N) is 2. The summed E-state index contributed by atoms with van der Waals surface area (Å²) < 4.78 is 12.2. The summed E-state index contributed by atoms with van der Waals surface area (Å²) in [5.74, 6) is -3.38. The van der Waals surface area contributed by atoms with Crippen LogP contribution in [0.15, 0.2) is 60.7 Å². The molecule has 2 aromatic carbocycles. The first-order valence-electron chi connectivity index (χ1n) is 13.7. The van der Waals surface area contributed by atoms with Crippen molar-refractivity contribution < 1.29 is 38.6 Å². The van der Waals surface area contributed by atoms with Crippen molar-refractivity contribution in [2.45, 2.75) is 75.8 Å². The number of hydrogen-bond acceptors (Lipinski definition) is 9. The van der Waals surface area contributed by atoms with Crippen molar-refractivity contribution in [3.63, 3.8) is 0 Å². The van der Waals surface area contributed by atoms with Crippen LogP contribution in [0.25, 0.3) is 0 Å². The molecule has 10 nitrogen and oxygen atoms in total. The third-order valence-corrected chi connectivity index (χ3v) is 7.95. The molecule has 212 valence electrons. The Kier molecular flexibility index (Phi) is 7.65. The third-order valence-electron chi connectivity index (χ3n) is 7.95. The van der Waals surface area contributed by atoms with E-state index >= 15 is 0 Å². The maximum atomic E-state index is 13.5. The van der Waals surface area contributed by atoms with Crippen LogP contribution in [0.1, 0.15) is 51.5 Å². The van der Waals surface area contributed by atoms with E-state index in [0.29, 0.717) is 18.5 Å². The van der Waals surface area contributed by atoms with Crippen LogP contribution in [0, 0.1) is 5.92 Å². The number of anilines is 1. The molecule has 2 aromatic rings. The van der Waals surface area contributed by atoms with Gasteiger partial charge in [-0.15, -0.1) is 0 Å². The molecule has 40 heavy (non-hydrogen) atoms. The van der Waals surface area contributed by atoms with Crippen molar-refractivity contribution in [3.8, 4) is 0 Å². The van der Waals surface area contributed by atoms with Gasteiger partial charge in [0.2, 0.25) is 11.6 Å². The number of rotatable bonds is 7. The second-order valence-corrected chi connectivity index (χ2v) is 10.8. The molecular weight excluding hydrogens is 516 g/mol. The summed E-state index contributed by atoms with van der Waals surface area (Å²) in [6, 6.07) is 18.0. The van der Waals surface area contributed by atoms with Crippen LogP contribution in [-0.2, 0) is 39.9 Å². The molecule has 3 aliphatic heterocycles. The fourth-order valence-corrected chi connectivity index (χ4v) is 6.03. The average Bonchev–Trinajstić information content (AvgIpc) is 2.92. The molecule has 3 fully saturated rings. The van der Waals surface area contributed by atoms with Crippen LogP contribution in [0.5, 0.6) is 0 Å². The van der Waals surface area contributed by atoms with Crippen LogP contribution >= 0.6 is 0 Å². The second kappa shape index (κ2) is 11.0. The minimum atomic E-state index is -2.42. The summed E-state index contributed by atoms with van der Waals surface area (Å²) in [5, 5.41) is 12.4. The zero-order chi connectivity index (χ0) is 28.5. The first-order chi connectivity index (χ1) is 19.2. The van der Waals surface area contributed by atoms with Crippen LogP contribution < -0.4 is 4.90 Å². The van der Waals surface area contributed by atoms with E-state index in [0.717, 1.165) is 5.56 Å². The maximum absolute atomic E-state index is 13.5.